The number of nitrogens with one attached hydrogen (secondary N) is 2. The van der Waals surface area contributed by atoms with Crippen molar-refractivity contribution in [1.82, 2.24) is 15.3 Å². The van der Waals surface area contributed by atoms with Crippen molar-refractivity contribution in [2.75, 3.05) is 0 Å². The highest BCUT2D eigenvalue weighted by Crippen LogP contribution is 2.23. The molecule has 0 spiro atoms. The van der Waals surface area contributed by atoms with E-state index >= 15 is 0 Å². The summed E-state index contributed by atoms with van der Waals surface area (Å²) in [6.07, 6.45) is 0.540. The molecule has 29 heavy (non-hydrogen) atoms. The van der Waals surface area contributed by atoms with Gasteiger partial charge in [0.05, 0.1) is 22.6 Å². The van der Waals surface area contributed by atoms with Gasteiger partial charge in [0.1, 0.15) is 11.6 Å². The van der Waals surface area contributed by atoms with E-state index in [1.165, 1.54) is 17.7 Å². The third-order valence-corrected chi connectivity index (χ3v) is 5.15. The van der Waals surface area contributed by atoms with Crippen LogP contribution in [-0.2, 0) is 6.42 Å². The fourth-order valence-corrected chi connectivity index (χ4v) is 3.40. The van der Waals surface area contributed by atoms with Crippen molar-refractivity contribution in [3.63, 3.8) is 0 Å². The summed E-state index contributed by atoms with van der Waals surface area (Å²) in [5, 5.41) is 2.96. The van der Waals surface area contributed by atoms with Gasteiger partial charge in [-0.05, 0) is 61.2 Å². The molecule has 4 aromatic rings. The zero-order chi connectivity index (χ0) is 20.4. The predicted molar refractivity (Wildman–Crippen MR) is 112 cm³/mol. The monoisotopic (exact) mass is 387 g/mol. The molecule has 1 heterocycles. The molecular weight excluding hydrogens is 365 g/mol. The molecular formula is C24H22FN3O. The van der Waals surface area contributed by atoms with Crippen LogP contribution in [0.2, 0.25) is 0 Å². The van der Waals surface area contributed by atoms with Gasteiger partial charge in [-0.3, -0.25) is 4.79 Å². The average Bonchev–Trinajstić information content (AvgIpc) is 3.11. The van der Waals surface area contributed by atoms with Crippen molar-refractivity contribution >= 4 is 16.9 Å². The summed E-state index contributed by atoms with van der Waals surface area (Å²) >= 11 is 0. The van der Waals surface area contributed by atoms with E-state index in [2.05, 4.69) is 23.3 Å². The van der Waals surface area contributed by atoms with E-state index in [1.807, 2.05) is 43.3 Å². The standard InChI is InChI=1S/C24H22FN3O/c1-15-12-20-21(13-16(15)2)27-23(26-20)22(14-17-8-4-3-5-9-17)28-24(29)18-10-6-7-11-19(18)25/h3-13,22H,14H2,1-2H3,(H,26,27)(H,28,29)/t22-/m0/s1. The number of fused-ring (bicyclic) bond motifs is 1. The number of benzene rings is 3. The normalized spacial score (nSPS) is 12.1. The molecule has 0 unspecified atom stereocenters. The highest BCUT2D eigenvalue weighted by Gasteiger charge is 2.21. The van der Waals surface area contributed by atoms with Crippen LogP contribution in [-0.4, -0.2) is 15.9 Å². The summed E-state index contributed by atoms with van der Waals surface area (Å²) in [6, 6.07) is 19.5. The quantitative estimate of drug-likeness (QED) is 0.504. The summed E-state index contributed by atoms with van der Waals surface area (Å²) in [5.41, 5.74) is 5.17. The Balaban J connectivity index is 1.70. The van der Waals surface area contributed by atoms with Gasteiger partial charge in [0.2, 0.25) is 0 Å². The first-order chi connectivity index (χ1) is 14.0. The molecule has 0 saturated heterocycles. The van der Waals surface area contributed by atoms with Gasteiger partial charge in [0.15, 0.2) is 0 Å². The Morgan fingerprint density at radius 1 is 1.03 bits per heavy atom. The zero-order valence-electron chi connectivity index (χ0n) is 16.4. The molecule has 0 saturated carbocycles. The van der Waals surface area contributed by atoms with Gasteiger partial charge in [-0.25, -0.2) is 9.37 Å². The minimum Gasteiger partial charge on any atom is -0.342 e. The number of aromatic amines is 1. The third kappa shape index (κ3) is 4.04. The number of halogens is 1. The van der Waals surface area contributed by atoms with Crippen molar-refractivity contribution in [1.29, 1.82) is 0 Å². The molecule has 1 aromatic heterocycles. The highest BCUT2D eigenvalue weighted by molar-refractivity contribution is 5.94. The van der Waals surface area contributed by atoms with Gasteiger partial charge >= 0.3 is 0 Å². The second-order valence-electron chi connectivity index (χ2n) is 7.27. The van der Waals surface area contributed by atoms with Crippen molar-refractivity contribution in [2.45, 2.75) is 26.3 Å². The fourth-order valence-electron chi connectivity index (χ4n) is 3.40. The lowest BCUT2D eigenvalue weighted by Crippen LogP contribution is -2.31. The fraction of sp³-hybridized carbons (Fsp3) is 0.167. The second kappa shape index (κ2) is 7.87. The van der Waals surface area contributed by atoms with E-state index in [9.17, 15) is 9.18 Å². The maximum atomic E-state index is 14.1. The molecule has 0 bridgehead atoms. The molecule has 4 rings (SSSR count). The lowest BCUT2D eigenvalue weighted by Gasteiger charge is -2.17. The third-order valence-electron chi connectivity index (χ3n) is 5.15. The van der Waals surface area contributed by atoms with Gasteiger partial charge in [-0.15, -0.1) is 0 Å². The molecule has 0 fully saturated rings. The number of hydrogen-bond donors (Lipinski definition) is 2. The van der Waals surface area contributed by atoms with Crippen LogP contribution >= 0.6 is 0 Å². The Labute approximate surface area is 168 Å². The van der Waals surface area contributed by atoms with Crippen molar-refractivity contribution < 1.29 is 9.18 Å². The Morgan fingerprint density at radius 3 is 2.48 bits per heavy atom. The summed E-state index contributed by atoms with van der Waals surface area (Å²) in [5.74, 6) is -0.352. The summed E-state index contributed by atoms with van der Waals surface area (Å²) in [4.78, 5) is 20.8. The summed E-state index contributed by atoms with van der Waals surface area (Å²) in [6.45, 7) is 4.10. The number of carbonyl (C=O) groups excluding carboxylic acids is 1. The molecule has 4 nitrogen and oxygen atoms in total. The molecule has 2 N–H and O–H groups in total. The largest absolute Gasteiger partial charge is 0.342 e. The second-order valence-corrected chi connectivity index (χ2v) is 7.27. The van der Waals surface area contributed by atoms with Crippen molar-refractivity contribution in [3.05, 3.63) is 101 Å². The lowest BCUT2D eigenvalue weighted by molar-refractivity contribution is 0.0931. The van der Waals surface area contributed by atoms with Crippen LogP contribution in [0.5, 0.6) is 0 Å². The van der Waals surface area contributed by atoms with Crippen LogP contribution in [0.25, 0.3) is 11.0 Å². The van der Waals surface area contributed by atoms with E-state index in [4.69, 9.17) is 4.98 Å². The molecule has 0 aliphatic carbocycles. The van der Waals surface area contributed by atoms with Gasteiger partial charge in [-0.1, -0.05) is 42.5 Å². The van der Waals surface area contributed by atoms with E-state index < -0.39 is 17.8 Å². The van der Waals surface area contributed by atoms with Crippen LogP contribution in [0.4, 0.5) is 4.39 Å². The molecule has 0 radical (unpaired) electrons. The Hall–Kier alpha value is -3.47. The van der Waals surface area contributed by atoms with E-state index in [0.717, 1.165) is 22.2 Å². The number of hydrogen-bond acceptors (Lipinski definition) is 2. The number of nitrogens with zero attached hydrogens (tertiary/aromatic N) is 1. The topological polar surface area (TPSA) is 57.8 Å². The Morgan fingerprint density at radius 2 is 1.72 bits per heavy atom. The average molecular weight is 387 g/mol. The maximum absolute atomic E-state index is 14.1. The van der Waals surface area contributed by atoms with Gasteiger partial charge in [0.25, 0.3) is 5.91 Å². The van der Waals surface area contributed by atoms with E-state index in [1.54, 1.807) is 12.1 Å². The van der Waals surface area contributed by atoms with Crippen molar-refractivity contribution in [3.8, 4) is 0 Å². The number of carbonyl (C=O) groups is 1. The van der Waals surface area contributed by atoms with Crippen molar-refractivity contribution in [2.24, 2.45) is 0 Å². The molecule has 146 valence electrons. The van der Waals surface area contributed by atoms with Gasteiger partial charge in [-0.2, -0.15) is 0 Å². The summed E-state index contributed by atoms with van der Waals surface area (Å²) in [7, 11) is 0. The van der Waals surface area contributed by atoms with E-state index in [0.29, 0.717) is 12.2 Å². The van der Waals surface area contributed by atoms with Gasteiger partial charge < -0.3 is 10.3 Å². The van der Waals surface area contributed by atoms with E-state index in [-0.39, 0.29) is 5.56 Å². The highest BCUT2D eigenvalue weighted by atomic mass is 19.1. The summed E-state index contributed by atoms with van der Waals surface area (Å²) < 4.78 is 14.1. The molecule has 5 heteroatoms. The molecule has 0 aliphatic rings. The Bertz CT molecular complexity index is 1130. The van der Waals surface area contributed by atoms with Crippen LogP contribution < -0.4 is 5.32 Å². The first-order valence-electron chi connectivity index (χ1n) is 9.57. The zero-order valence-corrected chi connectivity index (χ0v) is 16.4. The number of H-pyrrole nitrogens is 1. The van der Waals surface area contributed by atoms with Gasteiger partial charge in [0, 0.05) is 0 Å². The molecule has 3 aromatic carbocycles. The van der Waals surface area contributed by atoms with Crippen LogP contribution in [0.15, 0.2) is 66.7 Å². The number of aryl methyl sites for hydroxylation is 2. The number of rotatable bonds is 5. The first kappa shape index (κ1) is 18.9. The number of imidazole rings is 1. The Kier molecular flexibility index (Phi) is 5.12. The minimum atomic E-state index is -0.542. The SMILES string of the molecule is Cc1cc2nc([C@H](Cc3ccccc3)NC(=O)c3ccccc3F)[nH]c2cc1C. The number of amides is 1. The first-order valence-corrected chi connectivity index (χ1v) is 9.57. The predicted octanol–water partition coefficient (Wildman–Crippen LogP) is 5.03. The number of aromatic nitrogens is 2. The van der Waals surface area contributed by atoms with Crippen LogP contribution in [0.3, 0.4) is 0 Å². The molecule has 1 atom stereocenters. The smallest absolute Gasteiger partial charge is 0.254 e. The van der Waals surface area contributed by atoms with Crippen LogP contribution in [0, 0.1) is 19.7 Å². The molecule has 1 amide bonds. The molecule has 0 aliphatic heterocycles. The minimum absolute atomic E-state index is 0.0216. The maximum Gasteiger partial charge on any atom is 0.254 e. The van der Waals surface area contributed by atoms with Crippen LogP contribution in [0.1, 0.15) is 38.9 Å². The lowest BCUT2D eigenvalue weighted by atomic mass is 10.0.